The van der Waals surface area contributed by atoms with Gasteiger partial charge in [0.1, 0.15) is 0 Å². The van der Waals surface area contributed by atoms with Gasteiger partial charge in [0.25, 0.3) is 0 Å². The van der Waals surface area contributed by atoms with Crippen LogP contribution in [0.2, 0.25) is 0 Å². The topological polar surface area (TPSA) is 50.4 Å². The van der Waals surface area contributed by atoms with Crippen molar-refractivity contribution in [2.45, 2.75) is 52.6 Å². The second-order valence-electron chi connectivity index (χ2n) is 6.29. The van der Waals surface area contributed by atoms with Gasteiger partial charge in [-0.3, -0.25) is 4.79 Å². The van der Waals surface area contributed by atoms with Crippen molar-refractivity contribution in [2.75, 3.05) is 20.3 Å². The molecule has 1 amide bonds. The standard InChI is InChI=1S/C14H28N2O2/c1-10(2)11(9-18-5)16-13(17)12-14(3,4)7-6-8-15-12/h10-12,15H,6-9H2,1-5H3,(H,16,17). The summed E-state index contributed by atoms with van der Waals surface area (Å²) >= 11 is 0. The van der Waals surface area contributed by atoms with E-state index in [9.17, 15) is 4.79 Å². The number of nitrogens with one attached hydrogen (secondary N) is 2. The first kappa shape index (κ1) is 15.4. The van der Waals surface area contributed by atoms with Gasteiger partial charge in [0.15, 0.2) is 0 Å². The van der Waals surface area contributed by atoms with Crippen molar-refractivity contribution in [1.29, 1.82) is 0 Å². The van der Waals surface area contributed by atoms with Crippen LogP contribution in [0.5, 0.6) is 0 Å². The Morgan fingerprint density at radius 1 is 1.50 bits per heavy atom. The average Bonchev–Trinajstić information content (AvgIpc) is 2.27. The summed E-state index contributed by atoms with van der Waals surface area (Å²) in [7, 11) is 1.67. The maximum Gasteiger partial charge on any atom is 0.237 e. The monoisotopic (exact) mass is 256 g/mol. The largest absolute Gasteiger partial charge is 0.383 e. The Bertz CT molecular complexity index is 277. The second-order valence-corrected chi connectivity index (χ2v) is 6.29. The third kappa shape index (κ3) is 3.95. The molecule has 4 nitrogen and oxygen atoms in total. The number of carbonyl (C=O) groups excluding carboxylic acids is 1. The lowest BCUT2D eigenvalue weighted by molar-refractivity contribution is -0.128. The Morgan fingerprint density at radius 3 is 2.67 bits per heavy atom. The molecule has 2 unspecified atom stereocenters. The van der Waals surface area contributed by atoms with Crippen LogP contribution in [0, 0.1) is 11.3 Å². The molecule has 1 saturated heterocycles. The lowest BCUT2D eigenvalue weighted by Gasteiger charge is -2.39. The number of carbonyl (C=O) groups is 1. The molecule has 2 atom stereocenters. The van der Waals surface area contributed by atoms with Gasteiger partial charge in [-0.15, -0.1) is 0 Å². The van der Waals surface area contributed by atoms with Crippen LogP contribution in [0.4, 0.5) is 0 Å². The van der Waals surface area contributed by atoms with Crippen LogP contribution in [0.15, 0.2) is 0 Å². The van der Waals surface area contributed by atoms with Crippen LogP contribution < -0.4 is 10.6 Å². The maximum absolute atomic E-state index is 12.4. The summed E-state index contributed by atoms with van der Waals surface area (Å²) in [4.78, 5) is 12.4. The minimum Gasteiger partial charge on any atom is -0.383 e. The fourth-order valence-corrected chi connectivity index (χ4v) is 2.51. The SMILES string of the molecule is COCC(NC(=O)C1NCCCC1(C)C)C(C)C. The van der Waals surface area contributed by atoms with Crippen LogP contribution in [0.25, 0.3) is 0 Å². The van der Waals surface area contributed by atoms with Gasteiger partial charge in [0.2, 0.25) is 5.91 Å². The van der Waals surface area contributed by atoms with Crippen molar-refractivity contribution in [3.63, 3.8) is 0 Å². The Morgan fingerprint density at radius 2 is 2.17 bits per heavy atom. The number of ether oxygens (including phenoxy) is 1. The predicted octanol–water partition coefficient (Wildman–Crippen LogP) is 1.55. The summed E-state index contributed by atoms with van der Waals surface area (Å²) in [6.07, 6.45) is 2.23. The van der Waals surface area contributed by atoms with E-state index in [2.05, 4.69) is 38.3 Å². The molecule has 4 heteroatoms. The van der Waals surface area contributed by atoms with Gasteiger partial charge >= 0.3 is 0 Å². The van der Waals surface area contributed by atoms with Gasteiger partial charge in [-0.1, -0.05) is 27.7 Å². The molecule has 0 aromatic carbocycles. The number of piperidine rings is 1. The number of methoxy groups -OCH3 is 1. The molecule has 1 fully saturated rings. The summed E-state index contributed by atoms with van der Waals surface area (Å²) in [5, 5.41) is 6.46. The summed E-state index contributed by atoms with van der Waals surface area (Å²) in [5.74, 6) is 0.482. The number of rotatable bonds is 5. The first-order chi connectivity index (χ1) is 8.38. The number of hydrogen-bond acceptors (Lipinski definition) is 3. The smallest absolute Gasteiger partial charge is 0.237 e. The van der Waals surface area contributed by atoms with Crippen LogP contribution in [-0.4, -0.2) is 38.3 Å². The first-order valence-electron chi connectivity index (χ1n) is 6.91. The van der Waals surface area contributed by atoms with Crippen LogP contribution in [-0.2, 0) is 9.53 Å². The molecule has 0 aliphatic carbocycles. The fourth-order valence-electron chi connectivity index (χ4n) is 2.51. The highest BCUT2D eigenvalue weighted by molar-refractivity contribution is 5.83. The van der Waals surface area contributed by atoms with E-state index in [1.165, 1.54) is 0 Å². The molecule has 2 N–H and O–H groups in total. The first-order valence-corrected chi connectivity index (χ1v) is 6.91. The van der Waals surface area contributed by atoms with Gasteiger partial charge in [-0.25, -0.2) is 0 Å². The highest BCUT2D eigenvalue weighted by atomic mass is 16.5. The van der Waals surface area contributed by atoms with Crippen molar-refractivity contribution in [2.24, 2.45) is 11.3 Å². The molecule has 1 heterocycles. The fraction of sp³-hybridized carbons (Fsp3) is 0.929. The second kappa shape index (κ2) is 6.53. The summed E-state index contributed by atoms with van der Waals surface area (Å²) in [6, 6.07) is -0.00798. The molecule has 0 aromatic heterocycles. The Labute approximate surface area is 111 Å². The van der Waals surface area contributed by atoms with E-state index in [4.69, 9.17) is 4.74 Å². The predicted molar refractivity (Wildman–Crippen MR) is 73.5 cm³/mol. The third-order valence-corrected chi connectivity index (χ3v) is 3.87. The lowest BCUT2D eigenvalue weighted by Crippen LogP contribution is -2.58. The Balaban J connectivity index is 2.62. The Hall–Kier alpha value is -0.610. The quantitative estimate of drug-likeness (QED) is 0.785. The number of amides is 1. The van der Waals surface area contributed by atoms with E-state index in [-0.39, 0.29) is 23.4 Å². The van der Waals surface area contributed by atoms with E-state index in [1.54, 1.807) is 7.11 Å². The lowest BCUT2D eigenvalue weighted by atomic mass is 9.77. The van der Waals surface area contributed by atoms with Crippen molar-refractivity contribution < 1.29 is 9.53 Å². The summed E-state index contributed by atoms with van der Waals surface area (Å²) < 4.78 is 5.17. The number of hydrogen-bond donors (Lipinski definition) is 2. The molecular formula is C14H28N2O2. The summed E-state index contributed by atoms with van der Waals surface area (Å²) in [5.41, 5.74) is 0.0247. The van der Waals surface area contributed by atoms with Crippen LogP contribution in [0.3, 0.4) is 0 Å². The highest BCUT2D eigenvalue weighted by Gasteiger charge is 2.37. The van der Waals surface area contributed by atoms with Gasteiger partial charge in [-0.2, -0.15) is 0 Å². The normalized spacial score (nSPS) is 24.9. The van der Waals surface area contributed by atoms with Crippen LogP contribution >= 0.6 is 0 Å². The van der Waals surface area contributed by atoms with Gasteiger partial charge in [0.05, 0.1) is 18.7 Å². The molecule has 0 saturated carbocycles. The zero-order valence-corrected chi connectivity index (χ0v) is 12.4. The molecule has 0 aromatic rings. The van der Waals surface area contributed by atoms with Gasteiger partial charge in [-0.05, 0) is 30.7 Å². The molecule has 1 aliphatic rings. The minimum absolute atomic E-state index is 0.0247. The molecular weight excluding hydrogens is 228 g/mol. The highest BCUT2D eigenvalue weighted by Crippen LogP contribution is 2.30. The van der Waals surface area contributed by atoms with E-state index < -0.39 is 0 Å². The van der Waals surface area contributed by atoms with Crippen molar-refractivity contribution in [1.82, 2.24) is 10.6 Å². The molecule has 0 bridgehead atoms. The zero-order chi connectivity index (χ0) is 13.8. The van der Waals surface area contributed by atoms with Gasteiger partial charge < -0.3 is 15.4 Å². The van der Waals surface area contributed by atoms with Crippen molar-refractivity contribution in [3.8, 4) is 0 Å². The zero-order valence-electron chi connectivity index (χ0n) is 12.4. The van der Waals surface area contributed by atoms with E-state index in [0.29, 0.717) is 12.5 Å². The van der Waals surface area contributed by atoms with Crippen molar-refractivity contribution >= 4 is 5.91 Å². The van der Waals surface area contributed by atoms with E-state index in [0.717, 1.165) is 19.4 Å². The molecule has 0 radical (unpaired) electrons. The van der Waals surface area contributed by atoms with Gasteiger partial charge in [0, 0.05) is 7.11 Å². The van der Waals surface area contributed by atoms with E-state index in [1.807, 2.05) is 0 Å². The molecule has 1 rings (SSSR count). The third-order valence-electron chi connectivity index (χ3n) is 3.87. The Kier molecular flexibility index (Phi) is 5.60. The molecule has 18 heavy (non-hydrogen) atoms. The maximum atomic E-state index is 12.4. The van der Waals surface area contributed by atoms with E-state index >= 15 is 0 Å². The van der Waals surface area contributed by atoms with Crippen molar-refractivity contribution in [3.05, 3.63) is 0 Å². The summed E-state index contributed by atoms with van der Waals surface area (Å²) in [6.45, 7) is 10.0. The van der Waals surface area contributed by atoms with Crippen LogP contribution in [0.1, 0.15) is 40.5 Å². The molecule has 1 aliphatic heterocycles. The minimum atomic E-state index is -0.0932. The molecule has 0 spiro atoms. The molecule has 106 valence electrons. The average molecular weight is 256 g/mol.